The third-order valence-corrected chi connectivity index (χ3v) is 6.44. The van der Waals surface area contributed by atoms with Crippen molar-refractivity contribution in [3.63, 3.8) is 0 Å². The predicted molar refractivity (Wildman–Crippen MR) is 104 cm³/mol. The van der Waals surface area contributed by atoms with Crippen LogP contribution in [0.5, 0.6) is 0 Å². The lowest BCUT2D eigenvalue weighted by Crippen LogP contribution is -2.63. The number of halogens is 2. The minimum absolute atomic E-state index is 0.0144. The van der Waals surface area contributed by atoms with Crippen LogP contribution in [0, 0.1) is 0 Å². The van der Waals surface area contributed by atoms with E-state index in [2.05, 4.69) is 31.9 Å². The molecule has 0 fully saturated rings. The van der Waals surface area contributed by atoms with Crippen molar-refractivity contribution in [3.05, 3.63) is 35.4 Å². The number of ether oxygens (including phenoxy) is 2. The van der Waals surface area contributed by atoms with Gasteiger partial charge in [0.05, 0.1) is 22.6 Å². The molecule has 0 spiro atoms. The van der Waals surface area contributed by atoms with E-state index < -0.39 is 29.3 Å². The maximum Gasteiger partial charge on any atom is 0.344 e. The number of hydrogen-bond donors (Lipinski definition) is 0. The molecule has 7 nitrogen and oxygen atoms in total. The van der Waals surface area contributed by atoms with E-state index in [1.807, 2.05) is 0 Å². The zero-order valence-corrected chi connectivity index (χ0v) is 18.0. The van der Waals surface area contributed by atoms with Crippen molar-refractivity contribution in [1.82, 2.24) is 4.90 Å². The second kappa shape index (κ2) is 8.97. The number of alkyl halides is 2. The molecule has 1 aromatic rings. The lowest BCUT2D eigenvalue weighted by molar-refractivity contribution is -0.171. The van der Waals surface area contributed by atoms with E-state index >= 15 is 0 Å². The molecule has 27 heavy (non-hydrogen) atoms. The van der Waals surface area contributed by atoms with Gasteiger partial charge < -0.3 is 9.47 Å². The molecular formula is C18H19Br2NO6. The Kier molecular flexibility index (Phi) is 7.16. The van der Waals surface area contributed by atoms with Gasteiger partial charge in [-0.25, -0.2) is 14.5 Å². The van der Waals surface area contributed by atoms with Crippen LogP contribution in [-0.4, -0.2) is 57.6 Å². The lowest BCUT2D eigenvalue weighted by atomic mass is 9.93. The van der Waals surface area contributed by atoms with Crippen LogP contribution in [-0.2, 0) is 19.1 Å². The summed E-state index contributed by atoms with van der Waals surface area (Å²) in [5, 5.41) is 0.506. The summed E-state index contributed by atoms with van der Waals surface area (Å²) in [6, 6.07) is 6.17. The fourth-order valence-corrected chi connectivity index (χ4v) is 3.15. The van der Waals surface area contributed by atoms with Crippen LogP contribution in [0.3, 0.4) is 0 Å². The average molecular weight is 505 g/mol. The maximum atomic E-state index is 13.0. The largest absolute Gasteiger partial charge is 0.464 e. The Bertz CT molecular complexity index is 733. The van der Waals surface area contributed by atoms with Gasteiger partial charge in [0.2, 0.25) is 5.54 Å². The van der Waals surface area contributed by atoms with Gasteiger partial charge in [-0.05, 0) is 25.5 Å². The molecule has 2 rings (SSSR count). The summed E-state index contributed by atoms with van der Waals surface area (Å²) >= 11 is 6.55. The lowest BCUT2D eigenvalue weighted by Gasteiger charge is -2.35. The van der Waals surface area contributed by atoms with Gasteiger partial charge in [-0.3, -0.25) is 9.59 Å². The van der Waals surface area contributed by atoms with Crippen molar-refractivity contribution in [2.45, 2.75) is 30.6 Å². The molecule has 0 aromatic heterocycles. The first-order valence-electron chi connectivity index (χ1n) is 8.37. The van der Waals surface area contributed by atoms with Crippen LogP contribution in [0.15, 0.2) is 24.3 Å². The summed E-state index contributed by atoms with van der Waals surface area (Å²) in [6.07, 6.45) is -0.169. The van der Waals surface area contributed by atoms with Gasteiger partial charge in [-0.1, -0.05) is 50.9 Å². The molecule has 1 heterocycles. The fraction of sp³-hybridized carbons (Fsp3) is 0.444. The van der Waals surface area contributed by atoms with E-state index in [1.165, 1.54) is 19.1 Å². The molecule has 9 heteroatoms. The third-order valence-electron chi connectivity index (χ3n) is 4.20. The van der Waals surface area contributed by atoms with Crippen molar-refractivity contribution >= 4 is 55.6 Å². The van der Waals surface area contributed by atoms with Gasteiger partial charge in [0.25, 0.3) is 11.8 Å². The van der Waals surface area contributed by atoms with Crippen molar-refractivity contribution in [3.8, 4) is 0 Å². The number of esters is 2. The first-order chi connectivity index (χ1) is 12.8. The molecule has 0 bridgehead atoms. The van der Waals surface area contributed by atoms with E-state index in [-0.39, 0.29) is 35.6 Å². The topological polar surface area (TPSA) is 90.0 Å². The Morgan fingerprint density at radius 2 is 1.59 bits per heavy atom. The minimum atomic E-state index is -2.18. The number of amides is 2. The average Bonchev–Trinajstić information content (AvgIpc) is 2.93. The summed E-state index contributed by atoms with van der Waals surface area (Å²) in [5.41, 5.74) is -1.91. The first-order valence-corrected chi connectivity index (χ1v) is 10.4. The third kappa shape index (κ3) is 3.80. The smallest absolute Gasteiger partial charge is 0.344 e. The highest BCUT2D eigenvalue weighted by molar-refractivity contribution is 9.12. The highest BCUT2D eigenvalue weighted by Crippen LogP contribution is 2.34. The summed E-state index contributed by atoms with van der Waals surface area (Å²) in [6.45, 7) is 3.04. The Morgan fingerprint density at radius 1 is 1.07 bits per heavy atom. The monoisotopic (exact) mass is 503 g/mol. The van der Waals surface area contributed by atoms with E-state index in [4.69, 9.17) is 9.47 Å². The second-order valence-electron chi connectivity index (χ2n) is 5.78. The zero-order valence-electron chi connectivity index (χ0n) is 14.9. The quantitative estimate of drug-likeness (QED) is 0.234. The Labute approximate surface area is 173 Å². The SMILES string of the molecule is CCOC(=O)C(CC)(C(=O)OCC(Br)CBr)N1C(=O)c2ccccc2C1=O. The summed E-state index contributed by atoms with van der Waals surface area (Å²) in [4.78, 5) is 52.0. The van der Waals surface area contributed by atoms with Crippen LogP contribution in [0.25, 0.3) is 0 Å². The number of benzene rings is 1. The van der Waals surface area contributed by atoms with E-state index in [0.717, 1.165) is 0 Å². The number of carbonyl (C=O) groups excluding carboxylic acids is 4. The number of hydrogen-bond acceptors (Lipinski definition) is 6. The molecule has 146 valence electrons. The van der Waals surface area contributed by atoms with Gasteiger partial charge in [-0.2, -0.15) is 0 Å². The summed E-state index contributed by atoms with van der Waals surface area (Å²) in [7, 11) is 0. The van der Waals surface area contributed by atoms with E-state index in [1.54, 1.807) is 19.1 Å². The first kappa shape index (κ1) is 21.6. The Hall–Kier alpha value is -1.74. The zero-order chi connectivity index (χ0) is 20.2. The van der Waals surface area contributed by atoms with E-state index in [9.17, 15) is 19.2 Å². The number of fused-ring (bicyclic) bond motifs is 1. The van der Waals surface area contributed by atoms with Crippen molar-refractivity contribution in [2.75, 3.05) is 18.5 Å². The normalized spacial score (nSPS) is 16.5. The predicted octanol–water partition coefficient (Wildman–Crippen LogP) is 2.70. The van der Waals surface area contributed by atoms with Gasteiger partial charge in [-0.15, -0.1) is 0 Å². The van der Waals surface area contributed by atoms with Crippen molar-refractivity contribution < 1.29 is 28.7 Å². The Morgan fingerprint density at radius 3 is 2.04 bits per heavy atom. The fourth-order valence-electron chi connectivity index (χ4n) is 2.83. The van der Waals surface area contributed by atoms with Gasteiger partial charge in [0.1, 0.15) is 6.61 Å². The molecule has 0 saturated heterocycles. The summed E-state index contributed by atoms with van der Waals surface area (Å²) < 4.78 is 10.3. The van der Waals surface area contributed by atoms with Crippen LogP contribution in [0.1, 0.15) is 41.0 Å². The highest BCUT2D eigenvalue weighted by Gasteiger charge is 2.60. The molecular weight excluding hydrogens is 486 g/mol. The standard InChI is InChI=1S/C18H19Br2NO6/c1-3-18(16(24)26-4-2,17(25)27-10-11(20)9-19)21-14(22)12-7-5-6-8-13(12)15(21)23/h5-8,11H,3-4,9-10H2,1-2H3. The number of carbonyl (C=O) groups is 4. The second-order valence-corrected chi connectivity index (χ2v) is 7.72. The van der Waals surface area contributed by atoms with Crippen LogP contribution >= 0.6 is 31.9 Å². The number of rotatable bonds is 8. The molecule has 2 amide bonds. The van der Waals surface area contributed by atoms with Crippen LogP contribution < -0.4 is 0 Å². The molecule has 1 aliphatic rings. The number of nitrogens with zero attached hydrogens (tertiary/aromatic N) is 1. The Balaban J connectivity index is 2.50. The van der Waals surface area contributed by atoms with Crippen LogP contribution in [0.4, 0.5) is 0 Å². The van der Waals surface area contributed by atoms with Gasteiger partial charge in [0, 0.05) is 5.33 Å². The summed E-state index contributed by atoms with van der Waals surface area (Å²) in [5.74, 6) is -3.43. The molecule has 2 atom stereocenters. The maximum absolute atomic E-state index is 13.0. The highest BCUT2D eigenvalue weighted by atomic mass is 79.9. The molecule has 0 aliphatic carbocycles. The van der Waals surface area contributed by atoms with Crippen LogP contribution in [0.2, 0.25) is 0 Å². The number of imide groups is 1. The minimum Gasteiger partial charge on any atom is -0.464 e. The molecule has 0 N–H and O–H groups in total. The van der Waals surface area contributed by atoms with Gasteiger partial charge >= 0.3 is 11.9 Å². The molecule has 0 saturated carbocycles. The molecule has 2 unspecified atom stereocenters. The van der Waals surface area contributed by atoms with Crippen molar-refractivity contribution in [2.24, 2.45) is 0 Å². The molecule has 1 aliphatic heterocycles. The molecule has 0 radical (unpaired) electrons. The van der Waals surface area contributed by atoms with Crippen molar-refractivity contribution in [1.29, 1.82) is 0 Å². The molecule has 1 aromatic carbocycles. The van der Waals surface area contributed by atoms with E-state index in [0.29, 0.717) is 10.2 Å². The van der Waals surface area contributed by atoms with Gasteiger partial charge in [0.15, 0.2) is 0 Å².